The molecule has 7 nitrogen and oxygen atoms in total. The van der Waals surface area contributed by atoms with Crippen LogP contribution in [0.1, 0.15) is 31.2 Å². The van der Waals surface area contributed by atoms with Crippen molar-refractivity contribution in [3.8, 4) is 0 Å². The van der Waals surface area contributed by atoms with Gasteiger partial charge < -0.3 is 10.4 Å². The fourth-order valence-corrected chi connectivity index (χ4v) is 5.50. The predicted octanol–water partition coefficient (Wildman–Crippen LogP) is 2.38. The van der Waals surface area contributed by atoms with Crippen LogP contribution in [0.15, 0.2) is 23.5 Å². The Bertz CT molecular complexity index is 775. The van der Waals surface area contributed by atoms with E-state index >= 15 is 0 Å². The van der Waals surface area contributed by atoms with Crippen LogP contribution in [0, 0.1) is 5.92 Å². The Hall–Kier alpha value is -1.83. The van der Waals surface area contributed by atoms with Gasteiger partial charge in [-0.2, -0.15) is 4.99 Å². The number of carbonyl (C=O) groups is 1. The lowest BCUT2D eigenvalue weighted by molar-refractivity contribution is 0.180. The molecule has 0 spiro atoms. The lowest BCUT2D eigenvalue weighted by atomic mass is 9.75. The second-order valence-electron chi connectivity index (χ2n) is 6.13. The van der Waals surface area contributed by atoms with Gasteiger partial charge in [-0.05, 0) is 48.5 Å². The normalized spacial score (nSPS) is 27.1. The molecule has 1 fully saturated rings. The molecule has 0 aliphatic heterocycles. The third-order valence-corrected chi connectivity index (χ3v) is 6.27. The van der Waals surface area contributed by atoms with Crippen LogP contribution in [0.3, 0.4) is 0 Å². The minimum atomic E-state index is -3.39. The highest BCUT2D eigenvalue weighted by Gasteiger charge is 2.43. The van der Waals surface area contributed by atoms with Crippen LogP contribution in [0.5, 0.6) is 0 Å². The number of pyridine rings is 1. The summed E-state index contributed by atoms with van der Waals surface area (Å²) in [5.74, 6) is -0.243. The third kappa shape index (κ3) is 4.17. The van der Waals surface area contributed by atoms with E-state index in [2.05, 4.69) is 32.7 Å². The van der Waals surface area contributed by atoms with Gasteiger partial charge in [0.2, 0.25) is 0 Å². The number of hydrogen-bond acceptors (Lipinski definition) is 6. The molecule has 1 aliphatic carbocycles. The second-order valence-corrected chi connectivity index (χ2v) is 8.52. The summed E-state index contributed by atoms with van der Waals surface area (Å²) >= 11 is 4.65. The number of carboxylic acid groups (broad SMARTS) is 1. The van der Waals surface area contributed by atoms with Gasteiger partial charge in [0.15, 0.2) is 9.84 Å². The average molecular weight is 369 g/mol. The number of rotatable bonds is 4. The first-order valence-corrected chi connectivity index (χ1v) is 9.80. The summed E-state index contributed by atoms with van der Waals surface area (Å²) in [6.45, 7) is 1.83. The Morgan fingerprint density at radius 2 is 2.21 bits per heavy atom. The summed E-state index contributed by atoms with van der Waals surface area (Å²) in [4.78, 5) is 19.1. The molecule has 0 aromatic carbocycles. The number of sulfone groups is 1. The summed E-state index contributed by atoms with van der Waals surface area (Å²) in [5, 5.41) is 13.0. The molecule has 24 heavy (non-hydrogen) atoms. The van der Waals surface area contributed by atoms with Gasteiger partial charge in [0.05, 0.1) is 22.3 Å². The Kier molecular flexibility index (Phi) is 5.69. The number of nitrogens with zero attached hydrogens (tertiary/aromatic N) is 2. The zero-order valence-electron chi connectivity index (χ0n) is 13.3. The van der Waals surface area contributed by atoms with Crippen molar-refractivity contribution in [1.82, 2.24) is 10.3 Å². The zero-order valence-corrected chi connectivity index (χ0v) is 15.0. The molecule has 1 aromatic heterocycles. The number of aliphatic imine (C=N–C) groups is 1. The monoisotopic (exact) mass is 369 g/mol. The highest BCUT2D eigenvalue weighted by molar-refractivity contribution is 7.91. The van der Waals surface area contributed by atoms with E-state index in [1.54, 1.807) is 12.4 Å². The predicted molar refractivity (Wildman–Crippen MR) is 93.6 cm³/mol. The van der Waals surface area contributed by atoms with E-state index < -0.39 is 27.2 Å². The number of nitrogens with one attached hydrogen (secondary N) is 1. The molecule has 9 heteroatoms. The molecule has 1 saturated carbocycles. The van der Waals surface area contributed by atoms with Crippen molar-refractivity contribution in [3.63, 3.8) is 0 Å². The van der Waals surface area contributed by atoms with Crippen LogP contribution in [0.2, 0.25) is 0 Å². The van der Waals surface area contributed by atoms with Crippen LogP contribution >= 0.6 is 12.2 Å². The molecular formula is C15H19N3O4S2. The first-order chi connectivity index (χ1) is 11.2. The van der Waals surface area contributed by atoms with Gasteiger partial charge in [-0.3, -0.25) is 4.98 Å². The third-order valence-electron chi connectivity index (χ3n) is 4.39. The Labute approximate surface area is 146 Å². The van der Waals surface area contributed by atoms with Crippen molar-refractivity contribution >= 4 is 39.0 Å². The van der Waals surface area contributed by atoms with Gasteiger partial charge in [0, 0.05) is 18.5 Å². The van der Waals surface area contributed by atoms with Gasteiger partial charge in [0.1, 0.15) is 0 Å². The number of aromatic nitrogens is 1. The minimum absolute atomic E-state index is 0.0417. The fourth-order valence-electron chi connectivity index (χ4n) is 3.68. The smallest absolute Gasteiger partial charge is 0.404 e. The molecule has 0 saturated heterocycles. The summed E-state index contributed by atoms with van der Waals surface area (Å²) in [7, 11) is -3.39. The topological polar surface area (TPSA) is 109 Å². The Morgan fingerprint density at radius 3 is 2.79 bits per heavy atom. The Balaban J connectivity index is 2.40. The van der Waals surface area contributed by atoms with E-state index in [9.17, 15) is 13.2 Å². The number of hydrogen-bond donors (Lipinski definition) is 2. The van der Waals surface area contributed by atoms with Crippen LogP contribution in [-0.4, -0.2) is 47.3 Å². The van der Waals surface area contributed by atoms with Gasteiger partial charge >= 0.3 is 6.09 Å². The molecule has 1 amide bonds. The Morgan fingerprint density at radius 1 is 1.50 bits per heavy atom. The highest BCUT2D eigenvalue weighted by Crippen LogP contribution is 2.41. The molecule has 1 heterocycles. The summed E-state index contributed by atoms with van der Waals surface area (Å²) in [6.07, 6.45) is 4.11. The standard InChI is InChI=1S/C15H19N3O4S2/c1-9-5-10(11-3-4-16-7-13(11)17-8-23)6-12(18-15(19)20)14(9)24(2,21)22/h3-4,7,9-10,12,14,18H,5-6H2,1-2H3,(H,19,20)/t9-,10-,12+,14+/m0/s1. The van der Waals surface area contributed by atoms with Crippen molar-refractivity contribution in [1.29, 1.82) is 0 Å². The molecular weight excluding hydrogens is 350 g/mol. The quantitative estimate of drug-likeness (QED) is 0.623. The van der Waals surface area contributed by atoms with E-state index in [0.717, 1.165) is 11.8 Å². The highest BCUT2D eigenvalue weighted by atomic mass is 32.2. The van der Waals surface area contributed by atoms with Crippen molar-refractivity contribution in [2.45, 2.75) is 37.0 Å². The summed E-state index contributed by atoms with van der Waals surface area (Å²) in [5.41, 5.74) is 1.45. The fraction of sp³-hybridized carbons (Fsp3) is 0.533. The van der Waals surface area contributed by atoms with Crippen LogP contribution < -0.4 is 5.32 Å². The van der Waals surface area contributed by atoms with E-state index in [4.69, 9.17) is 5.11 Å². The lowest BCUT2D eigenvalue weighted by Crippen LogP contribution is -2.52. The molecule has 4 atom stereocenters. The van der Waals surface area contributed by atoms with Gasteiger partial charge in [-0.25, -0.2) is 13.2 Å². The van der Waals surface area contributed by atoms with Crippen molar-refractivity contribution in [3.05, 3.63) is 24.0 Å². The molecule has 0 bridgehead atoms. The number of isothiocyanates is 1. The molecule has 130 valence electrons. The maximum Gasteiger partial charge on any atom is 0.404 e. The SMILES string of the molecule is C[C@H]1C[C@H](c2ccncc2N=C=S)C[C@@H](NC(=O)O)[C@@H]1S(C)(=O)=O. The first-order valence-electron chi connectivity index (χ1n) is 7.44. The van der Waals surface area contributed by atoms with Crippen molar-refractivity contribution in [2.24, 2.45) is 10.9 Å². The number of amides is 1. The molecule has 0 unspecified atom stereocenters. The molecule has 2 N–H and O–H groups in total. The molecule has 1 aliphatic rings. The van der Waals surface area contributed by atoms with Crippen molar-refractivity contribution < 1.29 is 18.3 Å². The van der Waals surface area contributed by atoms with E-state index in [0.29, 0.717) is 18.5 Å². The van der Waals surface area contributed by atoms with Crippen molar-refractivity contribution in [2.75, 3.05) is 6.26 Å². The van der Waals surface area contributed by atoms with Crippen LogP contribution in [-0.2, 0) is 9.84 Å². The zero-order chi connectivity index (χ0) is 17.9. The van der Waals surface area contributed by atoms with E-state index in [1.807, 2.05) is 13.0 Å². The van der Waals surface area contributed by atoms with Gasteiger partial charge in [-0.15, -0.1) is 0 Å². The van der Waals surface area contributed by atoms with E-state index in [1.165, 1.54) is 0 Å². The van der Waals surface area contributed by atoms with E-state index in [-0.39, 0.29) is 11.8 Å². The van der Waals surface area contributed by atoms with Gasteiger partial charge in [0.25, 0.3) is 0 Å². The van der Waals surface area contributed by atoms with Gasteiger partial charge in [-0.1, -0.05) is 6.92 Å². The lowest BCUT2D eigenvalue weighted by Gasteiger charge is -2.39. The molecule has 0 radical (unpaired) electrons. The largest absolute Gasteiger partial charge is 0.465 e. The van der Waals surface area contributed by atoms with Crippen LogP contribution in [0.4, 0.5) is 10.5 Å². The summed E-state index contributed by atoms with van der Waals surface area (Å²) < 4.78 is 24.2. The molecule has 2 rings (SSSR count). The summed E-state index contributed by atoms with van der Waals surface area (Å²) in [6, 6.07) is 1.13. The maximum atomic E-state index is 12.1. The average Bonchev–Trinajstić information content (AvgIpc) is 2.45. The molecule has 1 aromatic rings. The maximum absolute atomic E-state index is 12.1. The second kappa shape index (κ2) is 7.38. The van der Waals surface area contributed by atoms with Crippen LogP contribution in [0.25, 0.3) is 0 Å². The first kappa shape index (κ1) is 18.5. The minimum Gasteiger partial charge on any atom is -0.465 e. The number of thiocarbonyl (C=S) groups is 1.